The van der Waals surface area contributed by atoms with Gasteiger partial charge in [-0.2, -0.15) is 21.6 Å². The Morgan fingerprint density at radius 1 is 1.36 bits per heavy atom. The maximum atomic E-state index is 9.26. The van der Waals surface area contributed by atoms with Crippen molar-refractivity contribution in [1.82, 2.24) is 15.1 Å². The van der Waals surface area contributed by atoms with Gasteiger partial charge < -0.3 is 4.52 Å². The van der Waals surface area contributed by atoms with Gasteiger partial charge in [-0.15, -0.1) is 0 Å². The molecule has 0 amide bonds. The fourth-order valence-corrected chi connectivity index (χ4v) is 3.57. The highest BCUT2D eigenvalue weighted by molar-refractivity contribution is 7.98. The van der Waals surface area contributed by atoms with Crippen molar-refractivity contribution in [2.75, 3.05) is 0 Å². The fraction of sp³-hybridized carbons (Fsp3) is 0.200. The number of pyridine rings is 1. The summed E-state index contributed by atoms with van der Waals surface area (Å²) < 4.78 is 5.26. The van der Waals surface area contributed by atoms with E-state index in [1.165, 1.54) is 11.8 Å². The molecule has 0 radical (unpaired) electrons. The van der Waals surface area contributed by atoms with Gasteiger partial charge >= 0.3 is 0 Å². The van der Waals surface area contributed by atoms with Crippen molar-refractivity contribution in [3.8, 4) is 17.5 Å². The summed E-state index contributed by atoms with van der Waals surface area (Å²) in [4.78, 5) is 8.79. The summed E-state index contributed by atoms with van der Waals surface area (Å²) in [7, 11) is 0. The number of hydrogen-bond acceptors (Lipinski definition) is 7. The van der Waals surface area contributed by atoms with Gasteiger partial charge in [0, 0.05) is 16.6 Å². The Hall–Kier alpha value is -2.17. The second kappa shape index (κ2) is 6.30. The van der Waals surface area contributed by atoms with E-state index in [1.54, 1.807) is 11.3 Å². The lowest BCUT2D eigenvalue weighted by molar-refractivity contribution is 0.391. The minimum absolute atomic E-state index is 0.488. The van der Waals surface area contributed by atoms with Crippen molar-refractivity contribution in [3.05, 3.63) is 45.6 Å². The predicted molar refractivity (Wildman–Crippen MR) is 85.6 cm³/mol. The summed E-state index contributed by atoms with van der Waals surface area (Å²) in [5.41, 5.74) is 3.38. The fourth-order valence-electron chi connectivity index (χ4n) is 2.00. The molecule has 0 N–H and O–H groups in total. The first-order valence-corrected chi connectivity index (χ1v) is 8.46. The van der Waals surface area contributed by atoms with Crippen molar-refractivity contribution < 1.29 is 4.52 Å². The van der Waals surface area contributed by atoms with E-state index in [1.807, 2.05) is 36.7 Å². The van der Waals surface area contributed by atoms with Crippen molar-refractivity contribution in [3.63, 3.8) is 0 Å². The quantitative estimate of drug-likeness (QED) is 0.674. The van der Waals surface area contributed by atoms with E-state index in [9.17, 15) is 5.26 Å². The molecule has 0 aliphatic rings. The molecule has 7 heteroatoms. The molecule has 0 aromatic carbocycles. The number of thioether (sulfide) groups is 1. The first-order valence-electron chi connectivity index (χ1n) is 6.53. The first kappa shape index (κ1) is 14.8. The second-order valence-corrected chi connectivity index (χ2v) is 6.43. The molecule has 0 atom stereocenters. The standard InChI is InChI=1S/C15H12N4OS2/c1-9-5-10(2)17-15(12(9)6-16)22-8-13-18-14(19-20-13)11-3-4-21-7-11/h3-5,7H,8H2,1-2H3. The maximum absolute atomic E-state index is 9.26. The van der Waals surface area contributed by atoms with E-state index >= 15 is 0 Å². The van der Waals surface area contributed by atoms with E-state index < -0.39 is 0 Å². The first-order chi connectivity index (χ1) is 10.7. The zero-order valence-electron chi connectivity index (χ0n) is 12.0. The van der Waals surface area contributed by atoms with Crippen LogP contribution < -0.4 is 0 Å². The van der Waals surface area contributed by atoms with Gasteiger partial charge in [-0.05, 0) is 36.9 Å². The lowest BCUT2D eigenvalue weighted by atomic mass is 10.1. The number of aryl methyl sites for hydroxylation is 2. The highest BCUT2D eigenvalue weighted by atomic mass is 32.2. The number of nitriles is 1. The molecule has 0 unspecified atom stereocenters. The minimum atomic E-state index is 0.488. The molecule has 0 fully saturated rings. The average molecular weight is 328 g/mol. The number of aromatic nitrogens is 3. The Labute approximate surface area is 136 Å². The van der Waals surface area contributed by atoms with Gasteiger partial charge in [-0.3, -0.25) is 0 Å². The number of hydrogen-bond donors (Lipinski definition) is 0. The van der Waals surface area contributed by atoms with Crippen LogP contribution in [0.2, 0.25) is 0 Å². The smallest absolute Gasteiger partial charge is 0.237 e. The Morgan fingerprint density at radius 3 is 2.95 bits per heavy atom. The zero-order valence-corrected chi connectivity index (χ0v) is 13.7. The van der Waals surface area contributed by atoms with Crippen LogP contribution >= 0.6 is 23.1 Å². The highest BCUT2D eigenvalue weighted by Gasteiger charge is 2.13. The molecular weight excluding hydrogens is 316 g/mol. The monoisotopic (exact) mass is 328 g/mol. The second-order valence-electron chi connectivity index (χ2n) is 4.68. The number of rotatable bonds is 4. The van der Waals surface area contributed by atoms with Crippen molar-refractivity contribution in [1.29, 1.82) is 5.26 Å². The van der Waals surface area contributed by atoms with E-state index in [0.29, 0.717) is 28.1 Å². The van der Waals surface area contributed by atoms with Crippen LogP contribution in [0.1, 0.15) is 22.7 Å². The normalized spacial score (nSPS) is 10.6. The van der Waals surface area contributed by atoms with E-state index in [-0.39, 0.29) is 0 Å². The van der Waals surface area contributed by atoms with Gasteiger partial charge in [-0.1, -0.05) is 16.9 Å². The molecule has 110 valence electrons. The summed E-state index contributed by atoms with van der Waals surface area (Å²) in [6, 6.07) is 6.06. The molecule has 0 aliphatic heterocycles. The molecule has 0 saturated heterocycles. The van der Waals surface area contributed by atoms with Crippen LogP contribution in [0.3, 0.4) is 0 Å². The molecule has 3 aromatic heterocycles. The van der Waals surface area contributed by atoms with Gasteiger partial charge in [0.2, 0.25) is 11.7 Å². The number of thiophene rings is 1. The van der Waals surface area contributed by atoms with Crippen molar-refractivity contribution in [2.24, 2.45) is 0 Å². The predicted octanol–water partition coefficient (Wildman–Crippen LogP) is 3.97. The van der Waals surface area contributed by atoms with Crippen LogP contribution in [-0.4, -0.2) is 15.1 Å². The molecule has 0 spiro atoms. The van der Waals surface area contributed by atoms with Gasteiger partial charge in [0.15, 0.2) is 0 Å². The lowest BCUT2D eigenvalue weighted by Gasteiger charge is -2.05. The van der Waals surface area contributed by atoms with Crippen LogP contribution in [0.4, 0.5) is 0 Å². The third-order valence-corrected chi connectivity index (χ3v) is 4.65. The van der Waals surface area contributed by atoms with Gasteiger partial charge in [0.1, 0.15) is 11.1 Å². The van der Waals surface area contributed by atoms with Crippen LogP contribution in [0.25, 0.3) is 11.4 Å². The van der Waals surface area contributed by atoms with Gasteiger partial charge in [0.25, 0.3) is 0 Å². The molecular formula is C15H12N4OS2. The van der Waals surface area contributed by atoms with Crippen molar-refractivity contribution >= 4 is 23.1 Å². The van der Waals surface area contributed by atoms with Crippen molar-refractivity contribution in [2.45, 2.75) is 24.6 Å². The Kier molecular flexibility index (Phi) is 4.22. The summed E-state index contributed by atoms with van der Waals surface area (Å²) in [5.74, 6) is 1.60. The Bertz CT molecular complexity index is 834. The molecule has 5 nitrogen and oxygen atoms in total. The molecule has 3 heterocycles. The molecule has 3 rings (SSSR count). The average Bonchev–Trinajstić information content (AvgIpc) is 3.15. The third-order valence-electron chi connectivity index (χ3n) is 3.00. The van der Waals surface area contributed by atoms with Crippen LogP contribution in [0.5, 0.6) is 0 Å². The topological polar surface area (TPSA) is 75.6 Å². The molecule has 0 aliphatic carbocycles. The summed E-state index contributed by atoms with van der Waals surface area (Å²) in [5, 5.41) is 17.9. The Balaban J connectivity index is 1.78. The largest absolute Gasteiger partial charge is 0.338 e. The SMILES string of the molecule is Cc1cc(C)c(C#N)c(SCc2nc(-c3ccsc3)no2)n1. The molecule has 3 aromatic rings. The van der Waals surface area contributed by atoms with Crippen LogP contribution in [0.15, 0.2) is 32.4 Å². The zero-order chi connectivity index (χ0) is 15.5. The molecule has 0 bridgehead atoms. The van der Waals surface area contributed by atoms with E-state index in [0.717, 1.165) is 16.8 Å². The number of nitrogens with zero attached hydrogens (tertiary/aromatic N) is 4. The molecule has 22 heavy (non-hydrogen) atoms. The van der Waals surface area contributed by atoms with Crippen LogP contribution in [-0.2, 0) is 5.75 Å². The maximum Gasteiger partial charge on any atom is 0.237 e. The van der Waals surface area contributed by atoms with E-state index in [4.69, 9.17) is 4.52 Å². The van der Waals surface area contributed by atoms with Gasteiger partial charge in [0.05, 0.1) is 11.3 Å². The molecule has 0 saturated carbocycles. The highest BCUT2D eigenvalue weighted by Crippen LogP contribution is 2.27. The minimum Gasteiger partial charge on any atom is -0.338 e. The van der Waals surface area contributed by atoms with E-state index in [2.05, 4.69) is 21.2 Å². The third kappa shape index (κ3) is 3.03. The lowest BCUT2D eigenvalue weighted by Crippen LogP contribution is -1.94. The summed E-state index contributed by atoms with van der Waals surface area (Å²) in [6.07, 6.45) is 0. The summed E-state index contributed by atoms with van der Waals surface area (Å²) >= 11 is 3.03. The van der Waals surface area contributed by atoms with Gasteiger partial charge in [-0.25, -0.2) is 4.98 Å². The van der Waals surface area contributed by atoms with Crippen LogP contribution in [0, 0.1) is 25.2 Å². The summed E-state index contributed by atoms with van der Waals surface area (Å²) in [6.45, 7) is 3.83. The Morgan fingerprint density at radius 2 is 2.23 bits per heavy atom.